The van der Waals surface area contributed by atoms with Gasteiger partial charge in [0.2, 0.25) is 0 Å². The molecule has 4 N–H and O–H groups in total. The van der Waals surface area contributed by atoms with Crippen LogP contribution in [0.25, 0.3) is 0 Å². The van der Waals surface area contributed by atoms with Crippen molar-refractivity contribution in [1.82, 2.24) is 10.6 Å². The van der Waals surface area contributed by atoms with Crippen LogP contribution in [0.15, 0.2) is 0 Å². The van der Waals surface area contributed by atoms with Crippen LogP contribution in [0.5, 0.6) is 0 Å². The standard InChI is InChI=1S/C11H25N3/c1-10(13-8-6-12)9-11-5-3-2-4-7-14-11/h10-11,13-14H,2-9,12H2,1H3. The summed E-state index contributed by atoms with van der Waals surface area (Å²) in [4.78, 5) is 0. The van der Waals surface area contributed by atoms with E-state index in [9.17, 15) is 0 Å². The highest BCUT2D eigenvalue weighted by Gasteiger charge is 2.13. The molecule has 1 rings (SSSR count). The molecule has 0 spiro atoms. The van der Waals surface area contributed by atoms with Crippen LogP contribution < -0.4 is 16.4 Å². The molecule has 3 heteroatoms. The van der Waals surface area contributed by atoms with Crippen LogP contribution in [-0.4, -0.2) is 31.7 Å². The van der Waals surface area contributed by atoms with Crippen LogP contribution in [0.3, 0.4) is 0 Å². The second-order valence-corrected chi connectivity index (χ2v) is 4.38. The third kappa shape index (κ3) is 4.94. The van der Waals surface area contributed by atoms with Crippen molar-refractivity contribution < 1.29 is 0 Å². The van der Waals surface area contributed by atoms with Crippen LogP contribution in [-0.2, 0) is 0 Å². The molecule has 1 fully saturated rings. The fourth-order valence-corrected chi connectivity index (χ4v) is 2.14. The highest BCUT2D eigenvalue weighted by molar-refractivity contribution is 4.75. The van der Waals surface area contributed by atoms with Gasteiger partial charge in [0.05, 0.1) is 0 Å². The molecular weight excluding hydrogens is 174 g/mol. The van der Waals surface area contributed by atoms with Crippen molar-refractivity contribution in [1.29, 1.82) is 0 Å². The molecule has 0 aliphatic carbocycles. The van der Waals surface area contributed by atoms with Gasteiger partial charge in [-0.25, -0.2) is 0 Å². The van der Waals surface area contributed by atoms with Crippen LogP contribution in [0.2, 0.25) is 0 Å². The van der Waals surface area contributed by atoms with Gasteiger partial charge in [0.1, 0.15) is 0 Å². The average molecular weight is 199 g/mol. The van der Waals surface area contributed by atoms with Gasteiger partial charge in [0.25, 0.3) is 0 Å². The zero-order chi connectivity index (χ0) is 10.2. The maximum absolute atomic E-state index is 5.46. The van der Waals surface area contributed by atoms with Crippen LogP contribution >= 0.6 is 0 Å². The van der Waals surface area contributed by atoms with Crippen LogP contribution in [0, 0.1) is 0 Å². The Hall–Kier alpha value is -0.120. The summed E-state index contributed by atoms with van der Waals surface area (Å²) >= 11 is 0. The van der Waals surface area contributed by atoms with E-state index >= 15 is 0 Å². The summed E-state index contributed by atoms with van der Waals surface area (Å²) in [6.07, 6.45) is 6.71. The highest BCUT2D eigenvalue weighted by atomic mass is 15.0. The summed E-state index contributed by atoms with van der Waals surface area (Å²) in [5, 5.41) is 7.05. The van der Waals surface area contributed by atoms with Crippen molar-refractivity contribution >= 4 is 0 Å². The Morgan fingerprint density at radius 3 is 3.07 bits per heavy atom. The average Bonchev–Trinajstić information content (AvgIpc) is 2.43. The Balaban J connectivity index is 2.13. The van der Waals surface area contributed by atoms with Gasteiger partial charge in [-0.05, 0) is 32.7 Å². The van der Waals surface area contributed by atoms with E-state index < -0.39 is 0 Å². The summed E-state index contributed by atoms with van der Waals surface area (Å²) in [7, 11) is 0. The molecular formula is C11H25N3. The molecule has 0 amide bonds. The topological polar surface area (TPSA) is 50.1 Å². The van der Waals surface area contributed by atoms with Crippen molar-refractivity contribution in [2.75, 3.05) is 19.6 Å². The zero-order valence-corrected chi connectivity index (χ0v) is 9.39. The third-order valence-corrected chi connectivity index (χ3v) is 2.94. The van der Waals surface area contributed by atoms with Gasteiger partial charge in [0.15, 0.2) is 0 Å². The first-order chi connectivity index (χ1) is 6.83. The number of nitrogens with one attached hydrogen (secondary N) is 2. The van der Waals surface area contributed by atoms with Crippen molar-refractivity contribution in [2.45, 2.75) is 51.1 Å². The van der Waals surface area contributed by atoms with Gasteiger partial charge in [-0.1, -0.05) is 12.8 Å². The lowest BCUT2D eigenvalue weighted by molar-refractivity contribution is 0.406. The molecule has 3 nitrogen and oxygen atoms in total. The molecule has 1 heterocycles. The Morgan fingerprint density at radius 2 is 2.29 bits per heavy atom. The first kappa shape index (κ1) is 12.0. The zero-order valence-electron chi connectivity index (χ0n) is 9.39. The maximum atomic E-state index is 5.46. The molecule has 0 aromatic rings. The minimum Gasteiger partial charge on any atom is -0.329 e. The fraction of sp³-hybridized carbons (Fsp3) is 1.00. The lowest BCUT2D eigenvalue weighted by Gasteiger charge is -2.21. The predicted octanol–water partition coefficient (Wildman–Crippen LogP) is 0.846. The van der Waals surface area contributed by atoms with Gasteiger partial charge in [0, 0.05) is 25.2 Å². The molecule has 1 aliphatic rings. The Kier molecular flexibility index (Phi) is 6.15. The summed E-state index contributed by atoms with van der Waals surface area (Å²) < 4.78 is 0. The quantitative estimate of drug-likeness (QED) is 0.615. The van der Waals surface area contributed by atoms with Crippen molar-refractivity contribution in [2.24, 2.45) is 5.73 Å². The Labute approximate surface area is 87.8 Å². The van der Waals surface area contributed by atoms with Crippen LogP contribution in [0.4, 0.5) is 0 Å². The molecule has 14 heavy (non-hydrogen) atoms. The van der Waals surface area contributed by atoms with Gasteiger partial charge in [-0.15, -0.1) is 0 Å². The van der Waals surface area contributed by atoms with E-state index in [4.69, 9.17) is 5.73 Å². The largest absolute Gasteiger partial charge is 0.329 e. The van der Waals surface area contributed by atoms with E-state index in [0.29, 0.717) is 6.04 Å². The van der Waals surface area contributed by atoms with Gasteiger partial charge in [-0.2, -0.15) is 0 Å². The van der Waals surface area contributed by atoms with E-state index in [-0.39, 0.29) is 0 Å². The first-order valence-corrected chi connectivity index (χ1v) is 5.99. The van der Waals surface area contributed by atoms with E-state index in [0.717, 1.165) is 19.1 Å². The molecule has 2 unspecified atom stereocenters. The fourth-order valence-electron chi connectivity index (χ4n) is 2.14. The van der Waals surface area contributed by atoms with Gasteiger partial charge in [-0.3, -0.25) is 0 Å². The predicted molar refractivity (Wildman–Crippen MR) is 61.4 cm³/mol. The van der Waals surface area contributed by atoms with Crippen molar-refractivity contribution in [3.05, 3.63) is 0 Å². The summed E-state index contributed by atoms with van der Waals surface area (Å²) in [6, 6.07) is 1.31. The summed E-state index contributed by atoms with van der Waals surface area (Å²) in [5.74, 6) is 0. The van der Waals surface area contributed by atoms with E-state index in [1.807, 2.05) is 0 Å². The minimum absolute atomic E-state index is 0.592. The molecule has 0 saturated carbocycles. The van der Waals surface area contributed by atoms with Crippen molar-refractivity contribution in [3.63, 3.8) is 0 Å². The maximum Gasteiger partial charge on any atom is 0.00817 e. The second-order valence-electron chi connectivity index (χ2n) is 4.38. The lowest BCUT2D eigenvalue weighted by Crippen LogP contribution is -2.38. The monoisotopic (exact) mass is 199 g/mol. The molecule has 1 aliphatic heterocycles. The molecule has 0 aromatic carbocycles. The minimum atomic E-state index is 0.592. The third-order valence-electron chi connectivity index (χ3n) is 2.94. The number of nitrogens with two attached hydrogens (primary N) is 1. The Bertz CT molecular complexity index is 130. The smallest absolute Gasteiger partial charge is 0.00817 e. The Morgan fingerprint density at radius 1 is 1.43 bits per heavy atom. The van der Waals surface area contributed by atoms with E-state index in [2.05, 4.69) is 17.6 Å². The molecule has 0 bridgehead atoms. The summed E-state index contributed by atoms with van der Waals surface area (Å²) in [6.45, 7) is 5.13. The molecule has 1 saturated heterocycles. The van der Waals surface area contributed by atoms with Crippen molar-refractivity contribution in [3.8, 4) is 0 Å². The highest BCUT2D eigenvalue weighted by Crippen LogP contribution is 2.12. The normalized spacial score (nSPS) is 25.7. The van der Waals surface area contributed by atoms with E-state index in [1.165, 1.54) is 38.6 Å². The molecule has 0 aromatic heterocycles. The SMILES string of the molecule is CC(CC1CCCCCN1)NCCN. The van der Waals surface area contributed by atoms with E-state index in [1.54, 1.807) is 0 Å². The number of rotatable bonds is 5. The lowest BCUT2D eigenvalue weighted by atomic mass is 10.0. The molecule has 2 atom stereocenters. The first-order valence-electron chi connectivity index (χ1n) is 5.99. The van der Waals surface area contributed by atoms with Crippen LogP contribution in [0.1, 0.15) is 39.0 Å². The van der Waals surface area contributed by atoms with Gasteiger partial charge >= 0.3 is 0 Å². The summed E-state index contributed by atoms with van der Waals surface area (Å²) in [5.41, 5.74) is 5.46. The second kappa shape index (κ2) is 7.21. The number of hydrogen-bond acceptors (Lipinski definition) is 3. The number of hydrogen-bond donors (Lipinski definition) is 3. The molecule has 84 valence electrons. The molecule has 0 radical (unpaired) electrons. The van der Waals surface area contributed by atoms with Gasteiger partial charge < -0.3 is 16.4 Å².